The lowest BCUT2D eigenvalue weighted by atomic mass is 9.36. The number of amides is 2. The highest BCUT2D eigenvalue weighted by atomic mass is 16.5. The summed E-state index contributed by atoms with van der Waals surface area (Å²) in [7, 11) is 1.81. The number of piperazine rings is 1. The number of hydrogen-bond donors (Lipinski definition) is 1. The van der Waals surface area contributed by atoms with E-state index in [1.54, 1.807) is 28.9 Å². The molecule has 13 nitrogen and oxygen atoms in total. The van der Waals surface area contributed by atoms with Crippen LogP contribution in [-0.4, -0.2) is 90.0 Å². The molecule has 5 fully saturated rings. The summed E-state index contributed by atoms with van der Waals surface area (Å²) in [6, 6.07) is 0.00647. The third-order valence-corrected chi connectivity index (χ3v) is 11.5. The third kappa shape index (κ3) is 4.37. The Morgan fingerprint density at radius 3 is 2.54 bits per heavy atom. The number of hydrogen-bond acceptors (Lipinski definition) is 8. The number of aryl methyl sites for hydroxylation is 1. The number of pyridine rings is 1. The Hall–Kier alpha value is -4.00. The molecule has 2 bridgehead atoms. The second kappa shape index (κ2) is 10.5. The monoisotopic (exact) mass is 629 g/mol. The fraction of sp³-hybridized carbons (Fsp3) is 0.636. The first-order valence-corrected chi connectivity index (χ1v) is 16.8. The molecule has 2 amide bonds. The van der Waals surface area contributed by atoms with Gasteiger partial charge in [0.2, 0.25) is 11.3 Å². The lowest BCUT2D eigenvalue weighted by Gasteiger charge is -2.72. The fourth-order valence-electron chi connectivity index (χ4n) is 8.84. The lowest BCUT2D eigenvalue weighted by Crippen LogP contribution is -2.76. The number of carbonyl (C=O) groups is 2. The third-order valence-electron chi connectivity index (χ3n) is 11.5. The summed E-state index contributed by atoms with van der Waals surface area (Å²) in [5.74, 6) is 0.531. The molecule has 9 rings (SSSR count). The highest BCUT2D eigenvalue weighted by Gasteiger charge is 2.69. The van der Waals surface area contributed by atoms with Gasteiger partial charge in [-0.2, -0.15) is 9.90 Å². The van der Waals surface area contributed by atoms with Crippen molar-refractivity contribution in [1.29, 1.82) is 0 Å². The van der Waals surface area contributed by atoms with Crippen molar-refractivity contribution in [2.75, 3.05) is 31.2 Å². The molecule has 46 heavy (non-hydrogen) atoms. The largest absolute Gasteiger partial charge is 0.377 e. The van der Waals surface area contributed by atoms with E-state index in [0.717, 1.165) is 43.5 Å². The minimum absolute atomic E-state index is 0.00126. The van der Waals surface area contributed by atoms with Crippen molar-refractivity contribution in [1.82, 2.24) is 39.6 Å². The summed E-state index contributed by atoms with van der Waals surface area (Å²) >= 11 is 0. The first-order chi connectivity index (χ1) is 22.1. The Labute approximate surface area is 267 Å². The van der Waals surface area contributed by atoms with Crippen LogP contribution in [0.15, 0.2) is 23.3 Å². The number of nitrogens with zero attached hydrogens (tertiary/aromatic N) is 8. The number of rotatable bonds is 8. The van der Waals surface area contributed by atoms with Crippen molar-refractivity contribution in [3.8, 4) is 0 Å². The lowest BCUT2D eigenvalue weighted by molar-refractivity contribution is -0.187. The van der Waals surface area contributed by atoms with Crippen molar-refractivity contribution in [2.24, 2.45) is 18.4 Å². The minimum Gasteiger partial charge on any atom is -0.377 e. The van der Waals surface area contributed by atoms with E-state index < -0.39 is 0 Å². The van der Waals surface area contributed by atoms with Crippen molar-refractivity contribution in [2.45, 2.75) is 89.9 Å². The van der Waals surface area contributed by atoms with Crippen molar-refractivity contribution < 1.29 is 14.3 Å². The fourth-order valence-corrected chi connectivity index (χ4v) is 8.84. The van der Waals surface area contributed by atoms with Gasteiger partial charge >= 0.3 is 0 Å². The predicted molar refractivity (Wildman–Crippen MR) is 171 cm³/mol. The van der Waals surface area contributed by atoms with Crippen LogP contribution in [0.3, 0.4) is 0 Å². The average Bonchev–Trinajstić information content (AvgIpc) is 3.63. The molecular weight excluding hydrogens is 586 g/mol. The van der Waals surface area contributed by atoms with Gasteiger partial charge in [-0.05, 0) is 55.9 Å². The van der Waals surface area contributed by atoms with Crippen LogP contribution in [0.2, 0.25) is 0 Å². The van der Waals surface area contributed by atoms with E-state index in [1.165, 1.54) is 0 Å². The van der Waals surface area contributed by atoms with E-state index in [0.29, 0.717) is 67.4 Å². The van der Waals surface area contributed by atoms with Gasteiger partial charge in [-0.3, -0.25) is 19.1 Å². The molecule has 0 radical (unpaired) electrons. The van der Waals surface area contributed by atoms with Crippen molar-refractivity contribution in [3.05, 3.63) is 40.0 Å². The van der Waals surface area contributed by atoms with Crippen LogP contribution >= 0.6 is 0 Å². The van der Waals surface area contributed by atoms with Crippen LogP contribution < -0.4 is 15.6 Å². The van der Waals surface area contributed by atoms with Crippen molar-refractivity contribution >= 4 is 34.4 Å². The van der Waals surface area contributed by atoms with Gasteiger partial charge in [-0.1, -0.05) is 20.8 Å². The zero-order valence-electron chi connectivity index (χ0n) is 27.2. The number of fused-ring (bicyclic) bond motifs is 2. The van der Waals surface area contributed by atoms with Gasteiger partial charge in [-0.25, -0.2) is 0 Å². The molecule has 3 aromatic rings. The van der Waals surface area contributed by atoms with Gasteiger partial charge in [0.1, 0.15) is 12.2 Å². The maximum atomic E-state index is 14.4. The summed E-state index contributed by atoms with van der Waals surface area (Å²) < 4.78 is 9.06. The molecule has 2 aliphatic heterocycles. The normalized spacial score (nSPS) is 28.3. The van der Waals surface area contributed by atoms with Gasteiger partial charge in [0.15, 0.2) is 11.2 Å². The summed E-state index contributed by atoms with van der Waals surface area (Å²) in [5, 5.41) is 17.1. The van der Waals surface area contributed by atoms with E-state index in [-0.39, 0.29) is 46.9 Å². The number of nitrogens with one attached hydrogen (secondary N) is 1. The van der Waals surface area contributed by atoms with Gasteiger partial charge in [0.25, 0.3) is 5.91 Å². The number of ether oxygens (including phenoxy) is 1. The van der Waals surface area contributed by atoms with Gasteiger partial charge < -0.3 is 24.4 Å². The molecule has 244 valence electrons. The summed E-state index contributed by atoms with van der Waals surface area (Å²) in [6.45, 7) is 8.68. The molecule has 0 aromatic carbocycles. The van der Waals surface area contributed by atoms with Crippen LogP contribution in [0.4, 0.5) is 5.69 Å². The maximum absolute atomic E-state index is 14.4. The quantitative estimate of drug-likeness (QED) is 0.402. The zero-order chi connectivity index (χ0) is 32.0. The molecular formula is C33H43N9O4. The highest BCUT2D eigenvalue weighted by Crippen LogP contribution is 2.70. The summed E-state index contributed by atoms with van der Waals surface area (Å²) in [5.41, 5.74) is 3.63. The number of anilines is 1. The molecule has 5 heterocycles. The van der Waals surface area contributed by atoms with Crippen molar-refractivity contribution in [3.63, 3.8) is 0 Å². The minimum atomic E-state index is -0.168. The van der Waals surface area contributed by atoms with Crippen LogP contribution in [0.5, 0.6) is 0 Å². The molecule has 1 N–H and O–H groups in total. The molecule has 0 spiro atoms. The van der Waals surface area contributed by atoms with Crippen LogP contribution in [0.25, 0.3) is 16.9 Å². The smallest absolute Gasteiger partial charge is 0.257 e. The van der Waals surface area contributed by atoms with Crippen LogP contribution in [0, 0.1) is 11.3 Å². The molecule has 1 saturated heterocycles. The van der Waals surface area contributed by atoms with Crippen LogP contribution in [-0.2, 0) is 29.5 Å². The maximum Gasteiger partial charge on any atom is 0.257 e. The molecule has 4 saturated carbocycles. The van der Waals surface area contributed by atoms with E-state index in [2.05, 4.69) is 29.2 Å². The average molecular weight is 630 g/mol. The molecule has 3 aromatic heterocycles. The molecule has 6 aliphatic rings. The SMILES string of the molecule is CCc1c(N2CCN(C(=O)c3cnn(C)c3)[C@H]3CC[C@@H]32)c(=O)c2nn(C3=CCOCC3)nc2n1CC(=O)NC12CC(C(C)C)(C1)C2. The Kier molecular flexibility index (Phi) is 6.72. The first-order valence-electron chi connectivity index (χ1n) is 16.8. The van der Waals surface area contributed by atoms with Gasteiger partial charge in [-0.15, -0.1) is 10.2 Å². The predicted octanol–water partition coefficient (Wildman–Crippen LogP) is 2.34. The Balaban J connectivity index is 1.15. The Morgan fingerprint density at radius 2 is 1.91 bits per heavy atom. The van der Waals surface area contributed by atoms with Gasteiger partial charge in [0.05, 0.1) is 36.7 Å². The number of aromatic nitrogens is 6. The van der Waals surface area contributed by atoms with Crippen LogP contribution in [0.1, 0.15) is 75.3 Å². The topological polar surface area (TPSA) is 132 Å². The zero-order valence-corrected chi connectivity index (χ0v) is 27.2. The number of carbonyl (C=O) groups excluding carboxylic acids is 2. The summed E-state index contributed by atoms with van der Waals surface area (Å²) in [6.07, 6.45) is 11.3. The standard InChI is InChI=1S/C33H43N9O4/c1-5-23-28(39-10-11-40(25-7-6-24(25)39)31(45)21-14-34-38(4)15-21)29(44)27-30(37-42(36-27)22-8-12-46-13-9-22)41(23)16-26(43)35-33-17-32(18-33,19-33)20(2)3/h8,14-15,20,24-25H,5-7,9-13,16-19H2,1-4H3,(H,35,43)/t24-,25-,32?,33?/m0/s1. The highest BCUT2D eigenvalue weighted by molar-refractivity contribution is 5.94. The Morgan fingerprint density at radius 1 is 1.13 bits per heavy atom. The van der Waals surface area contributed by atoms with E-state index in [9.17, 15) is 14.4 Å². The molecule has 2 atom stereocenters. The summed E-state index contributed by atoms with van der Waals surface area (Å²) in [4.78, 5) is 47.3. The van der Waals surface area contributed by atoms with E-state index in [4.69, 9.17) is 14.9 Å². The van der Waals surface area contributed by atoms with E-state index >= 15 is 0 Å². The first kappa shape index (κ1) is 29.4. The second-order valence-corrected chi connectivity index (χ2v) is 14.4. The van der Waals surface area contributed by atoms with Gasteiger partial charge in [0, 0.05) is 50.0 Å². The molecule has 13 heteroatoms. The molecule has 0 unspecified atom stereocenters. The second-order valence-electron chi connectivity index (χ2n) is 14.4. The molecule has 4 aliphatic carbocycles. The van der Waals surface area contributed by atoms with E-state index in [1.807, 2.05) is 22.5 Å². The Bertz CT molecular complexity index is 1810.